The number of hydrogen-bond acceptors (Lipinski definition) is 5. The topological polar surface area (TPSA) is 72.5 Å². The normalized spacial score (nSPS) is 10.3. The Morgan fingerprint density at radius 2 is 2.00 bits per heavy atom. The lowest BCUT2D eigenvalue weighted by molar-refractivity contribution is -0.145. The molecule has 0 aliphatic rings. The van der Waals surface area contributed by atoms with E-state index in [-0.39, 0.29) is 31.3 Å². The number of thiophene rings is 1. The molecule has 1 N–H and O–H groups in total. The molecule has 0 aliphatic heterocycles. The summed E-state index contributed by atoms with van der Waals surface area (Å²) >= 11 is 1.36. The lowest BCUT2D eigenvalue weighted by atomic mass is 10.2. The first-order valence-corrected chi connectivity index (χ1v) is 7.36. The van der Waals surface area contributed by atoms with Crippen LogP contribution in [0.15, 0.2) is 30.3 Å². The fourth-order valence-electron chi connectivity index (χ4n) is 1.80. The fourth-order valence-corrected chi connectivity index (χ4v) is 2.77. The molecule has 0 bridgehead atoms. The molecule has 0 fully saturated rings. The number of esters is 1. The Morgan fingerprint density at radius 3 is 2.71 bits per heavy atom. The second kappa shape index (κ2) is 6.99. The van der Waals surface area contributed by atoms with Crippen molar-refractivity contribution in [3.63, 3.8) is 0 Å². The quantitative estimate of drug-likeness (QED) is 0.655. The summed E-state index contributed by atoms with van der Waals surface area (Å²) in [5.74, 6) is -1.25. The number of ether oxygens (including phenoxy) is 1. The number of hydrogen-bond donors (Lipinski definition) is 1. The largest absolute Gasteiger partial charge is 0.466 e. The maximum atomic E-state index is 12.0. The van der Waals surface area contributed by atoms with Crippen LogP contribution in [0.1, 0.15) is 23.0 Å². The van der Waals surface area contributed by atoms with Gasteiger partial charge in [0, 0.05) is 4.70 Å². The van der Waals surface area contributed by atoms with E-state index in [1.165, 1.54) is 11.3 Å². The summed E-state index contributed by atoms with van der Waals surface area (Å²) in [4.78, 5) is 35.2. The standard InChI is InChI=1S/C15H15NO4S/c1-2-20-14(18)8-11(17)9-16-15(19)13-7-10-5-3-4-6-12(10)21-13/h3-7H,2,8-9H2,1H3,(H,16,19). The Bertz CT molecular complexity index is 644. The van der Waals surface area contributed by atoms with Crippen molar-refractivity contribution in [3.8, 4) is 0 Å². The highest BCUT2D eigenvalue weighted by atomic mass is 32.1. The van der Waals surface area contributed by atoms with E-state index in [2.05, 4.69) is 10.1 Å². The summed E-state index contributed by atoms with van der Waals surface area (Å²) in [5.41, 5.74) is 0. The average molecular weight is 305 g/mol. The van der Waals surface area contributed by atoms with Gasteiger partial charge < -0.3 is 10.1 Å². The molecule has 110 valence electrons. The van der Waals surface area contributed by atoms with Crippen molar-refractivity contribution in [2.24, 2.45) is 0 Å². The Hall–Kier alpha value is -2.21. The lowest BCUT2D eigenvalue weighted by Gasteiger charge is -2.03. The summed E-state index contributed by atoms with van der Waals surface area (Å²) in [7, 11) is 0. The molecule has 0 atom stereocenters. The number of carbonyl (C=O) groups is 3. The third-order valence-electron chi connectivity index (χ3n) is 2.74. The van der Waals surface area contributed by atoms with Gasteiger partial charge in [0.05, 0.1) is 18.0 Å². The summed E-state index contributed by atoms with van der Waals surface area (Å²) in [6.07, 6.45) is -0.319. The van der Waals surface area contributed by atoms with Crippen LogP contribution in [0.25, 0.3) is 10.1 Å². The molecular formula is C15H15NO4S. The number of carbonyl (C=O) groups excluding carboxylic acids is 3. The van der Waals surface area contributed by atoms with Crippen LogP contribution >= 0.6 is 11.3 Å². The zero-order chi connectivity index (χ0) is 15.2. The van der Waals surface area contributed by atoms with Crippen molar-refractivity contribution in [2.75, 3.05) is 13.2 Å². The maximum Gasteiger partial charge on any atom is 0.313 e. The molecule has 0 radical (unpaired) electrons. The molecule has 21 heavy (non-hydrogen) atoms. The van der Waals surface area contributed by atoms with Gasteiger partial charge in [0.2, 0.25) is 0 Å². The van der Waals surface area contributed by atoms with Gasteiger partial charge in [-0.25, -0.2) is 0 Å². The molecule has 0 saturated carbocycles. The van der Waals surface area contributed by atoms with Crippen LogP contribution < -0.4 is 5.32 Å². The van der Waals surface area contributed by atoms with E-state index in [0.29, 0.717) is 4.88 Å². The molecular weight excluding hydrogens is 290 g/mol. The smallest absolute Gasteiger partial charge is 0.313 e. The predicted molar refractivity (Wildman–Crippen MR) is 80.4 cm³/mol. The van der Waals surface area contributed by atoms with Crippen molar-refractivity contribution in [3.05, 3.63) is 35.2 Å². The van der Waals surface area contributed by atoms with Crippen LogP contribution in [0.3, 0.4) is 0 Å². The van der Waals surface area contributed by atoms with Crippen molar-refractivity contribution in [1.82, 2.24) is 5.32 Å². The van der Waals surface area contributed by atoms with E-state index in [1.54, 1.807) is 13.0 Å². The highest BCUT2D eigenvalue weighted by Crippen LogP contribution is 2.24. The minimum absolute atomic E-state index is 0.175. The molecule has 5 nitrogen and oxygen atoms in total. The van der Waals surface area contributed by atoms with Crippen LogP contribution in [0.5, 0.6) is 0 Å². The Balaban J connectivity index is 1.89. The zero-order valence-electron chi connectivity index (χ0n) is 11.5. The second-order valence-electron chi connectivity index (χ2n) is 4.35. The van der Waals surface area contributed by atoms with Crippen LogP contribution in [0.2, 0.25) is 0 Å². The minimum Gasteiger partial charge on any atom is -0.466 e. The number of amides is 1. The molecule has 1 amide bonds. The van der Waals surface area contributed by atoms with E-state index in [9.17, 15) is 14.4 Å². The summed E-state index contributed by atoms with van der Waals surface area (Å²) in [5, 5.41) is 3.51. The van der Waals surface area contributed by atoms with Crippen molar-refractivity contribution in [2.45, 2.75) is 13.3 Å². The zero-order valence-corrected chi connectivity index (χ0v) is 12.4. The van der Waals surface area contributed by atoms with Gasteiger partial charge in [-0.15, -0.1) is 11.3 Å². The van der Waals surface area contributed by atoms with Gasteiger partial charge in [-0.3, -0.25) is 14.4 Å². The van der Waals surface area contributed by atoms with Gasteiger partial charge in [0.25, 0.3) is 5.91 Å². The fraction of sp³-hybridized carbons (Fsp3) is 0.267. The maximum absolute atomic E-state index is 12.0. The molecule has 2 aromatic rings. The number of Topliss-reactive ketones (excluding diaryl/α,β-unsaturated/α-hetero) is 1. The highest BCUT2D eigenvalue weighted by molar-refractivity contribution is 7.20. The van der Waals surface area contributed by atoms with Gasteiger partial charge in [0.15, 0.2) is 5.78 Å². The van der Waals surface area contributed by atoms with Gasteiger partial charge in [-0.2, -0.15) is 0 Å². The molecule has 0 aliphatic carbocycles. The number of nitrogens with one attached hydrogen (secondary N) is 1. The molecule has 0 saturated heterocycles. The van der Waals surface area contributed by atoms with Gasteiger partial charge >= 0.3 is 5.97 Å². The summed E-state index contributed by atoms with van der Waals surface area (Å²) in [6.45, 7) is 1.73. The number of benzene rings is 1. The van der Waals surface area contributed by atoms with E-state index in [1.807, 2.05) is 24.3 Å². The summed E-state index contributed by atoms with van der Waals surface area (Å²) < 4.78 is 5.69. The molecule has 0 unspecified atom stereocenters. The molecule has 1 aromatic carbocycles. The second-order valence-corrected chi connectivity index (χ2v) is 5.44. The van der Waals surface area contributed by atoms with Crippen LogP contribution in [-0.2, 0) is 14.3 Å². The van der Waals surface area contributed by atoms with Crippen LogP contribution in [0, 0.1) is 0 Å². The van der Waals surface area contributed by atoms with Gasteiger partial charge in [-0.1, -0.05) is 18.2 Å². The van der Waals surface area contributed by atoms with Crippen LogP contribution in [-0.4, -0.2) is 30.8 Å². The Morgan fingerprint density at radius 1 is 1.24 bits per heavy atom. The first-order chi connectivity index (χ1) is 10.1. The lowest BCUT2D eigenvalue weighted by Crippen LogP contribution is -2.30. The molecule has 0 spiro atoms. The molecule has 1 heterocycles. The third-order valence-corrected chi connectivity index (χ3v) is 3.86. The Kier molecular flexibility index (Phi) is 5.05. The first-order valence-electron chi connectivity index (χ1n) is 6.54. The van der Waals surface area contributed by atoms with E-state index in [0.717, 1.165) is 10.1 Å². The monoisotopic (exact) mass is 305 g/mol. The van der Waals surface area contributed by atoms with Gasteiger partial charge in [-0.05, 0) is 24.4 Å². The first kappa shape index (κ1) is 15.2. The van der Waals surface area contributed by atoms with Gasteiger partial charge in [0.1, 0.15) is 6.42 Å². The van der Waals surface area contributed by atoms with Crippen LogP contribution in [0.4, 0.5) is 0 Å². The molecule has 2 rings (SSSR count). The van der Waals surface area contributed by atoms with E-state index < -0.39 is 5.97 Å². The highest BCUT2D eigenvalue weighted by Gasteiger charge is 2.14. The number of rotatable bonds is 6. The number of fused-ring (bicyclic) bond motifs is 1. The van der Waals surface area contributed by atoms with Crippen molar-refractivity contribution in [1.29, 1.82) is 0 Å². The van der Waals surface area contributed by atoms with E-state index >= 15 is 0 Å². The third kappa shape index (κ3) is 4.13. The van der Waals surface area contributed by atoms with E-state index in [4.69, 9.17) is 0 Å². The minimum atomic E-state index is -0.571. The molecule has 1 aromatic heterocycles. The molecule has 6 heteroatoms. The SMILES string of the molecule is CCOC(=O)CC(=O)CNC(=O)c1cc2ccccc2s1. The van der Waals surface area contributed by atoms with Crippen molar-refractivity contribution >= 4 is 39.1 Å². The van der Waals surface area contributed by atoms with Crippen molar-refractivity contribution < 1.29 is 19.1 Å². The predicted octanol–water partition coefficient (Wildman–Crippen LogP) is 2.15. The number of ketones is 1. The average Bonchev–Trinajstić information content (AvgIpc) is 2.89. The Labute approximate surface area is 125 Å². The summed E-state index contributed by atoms with van der Waals surface area (Å²) in [6, 6.07) is 9.45.